The smallest absolute Gasteiger partial charge is 0.284 e. The van der Waals surface area contributed by atoms with Crippen molar-refractivity contribution in [1.29, 1.82) is 0 Å². The summed E-state index contributed by atoms with van der Waals surface area (Å²) in [4.78, 5) is 14.2. The van der Waals surface area contributed by atoms with E-state index in [1.165, 1.54) is 6.07 Å². The zero-order valence-electron chi connectivity index (χ0n) is 8.31. The Morgan fingerprint density at radius 1 is 1.50 bits per heavy atom. The molecule has 0 saturated heterocycles. The van der Waals surface area contributed by atoms with Crippen molar-refractivity contribution in [2.75, 3.05) is 0 Å². The van der Waals surface area contributed by atoms with E-state index in [1.54, 1.807) is 25.3 Å². The van der Waals surface area contributed by atoms with Crippen molar-refractivity contribution in [2.24, 2.45) is 0 Å². The third-order valence-corrected chi connectivity index (χ3v) is 2.72. The van der Waals surface area contributed by atoms with Gasteiger partial charge < -0.3 is 4.42 Å². The highest BCUT2D eigenvalue weighted by Crippen LogP contribution is 2.30. The molecule has 0 aliphatic rings. The average molecular weight is 283 g/mol. The maximum atomic E-state index is 10.7. The van der Waals surface area contributed by atoms with Crippen molar-refractivity contribution in [3.63, 3.8) is 0 Å². The van der Waals surface area contributed by atoms with Crippen LogP contribution in [0.4, 0.5) is 5.69 Å². The van der Waals surface area contributed by atoms with Crippen LogP contribution in [0.25, 0.3) is 11.3 Å². The van der Waals surface area contributed by atoms with Crippen LogP contribution in [-0.4, -0.2) is 9.91 Å². The Morgan fingerprint density at radius 2 is 2.25 bits per heavy atom. The van der Waals surface area contributed by atoms with Crippen LogP contribution in [-0.2, 0) is 0 Å². The summed E-state index contributed by atoms with van der Waals surface area (Å²) in [6.07, 6.45) is 1.54. The summed E-state index contributed by atoms with van der Waals surface area (Å²) in [5.41, 5.74) is 0.641. The van der Waals surface area contributed by atoms with Gasteiger partial charge in [0.2, 0.25) is 0 Å². The second-order valence-electron chi connectivity index (χ2n) is 3.17. The van der Waals surface area contributed by atoms with Crippen LogP contribution in [0.3, 0.4) is 0 Å². The lowest BCUT2D eigenvalue weighted by Crippen LogP contribution is -1.89. The van der Waals surface area contributed by atoms with Gasteiger partial charge in [-0.05, 0) is 28.1 Å². The minimum atomic E-state index is -0.448. The number of rotatable bonds is 2. The first kappa shape index (κ1) is 10.8. The van der Waals surface area contributed by atoms with Crippen molar-refractivity contribution < 1.29 is 9.34 Å². The largest absolute Gasteiger partial charge is 0.441 e. The Labute approximate surface area is 99.4 Å². The molecule has 5 nitrogen and oxygen atoms in total. The van der Waals surface area contributed by atoms with Crippen LogP contribution >= 0.6 is 15.9 Å². The number of hydrogen-bond donors (Lipinski definition) is 0. The summed E-state index contributed by atoms with van der Waals surface area (Å²) >= 11 is 3.12. The average Bonchev–Trinajstić information content (AvgIpc) is 2.65. The lowest BCUT2D eigenvalue weighted by molar-refractivity contribution is -0.385. The highest BCUT2D eigenvalue weighted by molar-refractivity contribution is 9.10. The van der Waals surface area contributed by atoms with Gasteiger partial charge >= 0.3 is 0 Å². The van der Waals surface area contributed by atoms with Gasteiger partial charge in [0.25, 0.3) is 5.69 Å². The quantitative estimate of drug-likeness (QED) is 0.626. The molecule has 82 valence electrons. The molecule has 0 amide bonds. The van der Waals surface area contributed by atoms with E-state index in [2.05, 4.69) is 20.9 Å². The summed E-state index contributed by atoms with van der Waals surface area (Å²) in [5.74, 6) is 1.05. The molecule has 2 aromatic rings. The lowest BCUT2D eigenvalue weighted by atomic mass is 10.1. The molecule has 0 N–H and O–H groups in total. The fourth-order valence-electron chi connectivity index (χ4n) is 1.30. The molecule has 0 bridgehead atoms. The number of benzene rings is 1. The van der Waals surface area contributed by atoms with Crippen molar-refractivity contribution in [3.05, 3.63) is 44.9 Å². The Kier molecular flexibility index (Phi) is 2.74. The lowest BCUT2D eigenvalue weighted by Gasteiger charge is -1.98. The standard InChI is InChI=1S/C10H7BrN2O3/c1-6-12-5-10(16-6)7-2-3-8(11)9(4-7)13(14)15/h2-5H,1H3. The second-order valence-corrected chi connectivity index (χ2v) is 4.02. The summed E-state index contributed by atoms with van der Waals surface area (Å²) in [7, 11) is 0. The zero-order valence-corrected chi connectivity index (χ0v) is 9.89. The molecule has 1 aromatic heterocycles. The highest BCUT2D eigenvalue weighted by atomic mass is 79.9. The van der Waals surface area contributed by atoms with E-state index >= 15 is 0 Å². The van der Waals surface area contributed by atoms with Crippen LogP contribution in [0.15, 0.2) is 33.3 Å². The molecule has 0 saturated carbocycles. The first-order valence-electron chi connectivity index (χ1n) is 4.44. The number of oxazole rings is 1. The molecule has 0 radical (unpaired) electrons. The first-order chi connectivity index (χ1) is 7.58. The van der Waals surface area contributed by atoms with Gasteiger partial charge in [-0.2, -0.15) is 0 Å². The number of aryl methyl sites for hydroxylation is 1. The van der Waals surface area contributed by atoms with E-state index in [0.29, 0.717) is 21.7 Å². The van der Waals surface area contributed by atoms with Gasteiger partial charge in [-0.1, -0.05) is 0 Å². The van der Waals surface area contributed by atoms with Gasteiger partial charge in [0.15, 0.2) is 11.7 Å². The van der Waals surface area contributed by atoms with Crippen LogP contribution in [0.2, 0.25) is 0 Å². The van der Waals surface area contributed by atoms with Crippen molar-refractivity contribution in [3.8, 4) is 11.3 Å². The number of halogens is 1. The van der Waals surface area contributed by atoms with E-state index in [9.17, 15) is 10.1 Å². The minimum Gasteiger partial charge on any atom is -0.441 e. The SMILES string of the molecule is Cc1ncc(-c2ccc(Br)c([N+](=O)[O-])c2)o1. The Balaban J connectivity index is 2.51. The third-order valence-electron chi connectivity index (χ3n) is 2.05. The number of nitrogens with zero attached hydrogens (tertiary/aromatic N) is 2. The van der Waals surface area contributed by atoms with E-state index in [0.717, 1.165) is 0 Å². The van der Waals surface area contributed by atoms with Crippen LogP contribution in [0.1, 0.15) is 5.89 Å². The second kappa shape index (κ2) is 4.05. The Hall–Kier alpha value is -1.69. The molecular formula is C10H7BrN2O3. The van der Waals surface area contributed by atoms with Gasteiger partial charge in [0.05, 0.1) is 15.6 Å². The van der Waals surface area contributed by atoms with Crippen LogP contribution in [0.5, 0.6) is 0 Å². The maximum Gasteiger partial charge on any atom is 0.284 e. The predicted octanol–water partition coefficient (Wildman–Crippen LogP) is 3.32. The normalized spacial score (nSPS) is 10.4. The molecule has 1 aromatic carbocycles. The van der Waals surface area contributed by atoms with E-state index in [1.807, 2.05) is 0 Å². The number of aromatic nitrogens is 1. The first-order valence-corrected chi connectivity index (χ1v) is 5.24. The van der Waals surface area contributed by atoms with Gasteiger partial charge in [-0.3, -0.25) is 10.1 Å². The number of nitro benzene ring substituents is 1. The molecule has 0 unspecified atom stereocenters. The van der Waals surface area contributed by atoms with Gasteiger partial charge in [0.1, 0.15) is 0 Å². The number of hydrogen-bond acceptors (Lipinski definition) is 4. The van der Waals surface area contributed by atoms with Gasteiger partial charge in [-0.15, -0.1) is 0 Å². The maximum absolute atomic E-state index is 10.7. The molecule has 6 heteroatoms. The fourth-order valence-corrected chi connectivity index (χ4v) is 1.69. The molecule has 0 spiro atoms. The zero-order chi connectivity index (χ0) is 11.7. The Morgan fingerprint density at radius 3 is 2.81 bits per heavy atom. The molecule has 0 aliphatic carbocycles. The fraction of sp³-hybridized carbons (Fsp3) is 0.100. The predicted molar refractivity (Wildman–Crippen MR) is 61.0 cm³/mol. The monoisotopic (exact) mass is 282 g/mol. The minimum absolute atomic E-state index is 0.00607. The van der Waals surface area contributed by atoms with Crippen molar-refractivity contribution >= 4 is 21.6 Å². The topological polar surface area (TPSA) is 69.2 Å². The van der Waals surface area contributed by atoms with Crippen LogP contribution in [0, 0.1) is 17.0 Å². The Bertz CT molecular complexity index is 551. The molecule has 0 aliphatic heterocycles. The summed E-state index contributed by atoms with van der Waals surface area (Å²) in [5, 5.41) is 10.7. The van der Waals surface area contributed by atoms with E-state index in [-0.39, 0.29) is 5.69 Å². The van der Waals surface area contributed by atoms with E-state index in [4.69, 9.17) is 4.42 Å². The number of nitro groups is 1. The van der Waals surface area contributed by atoms with Crippen LogP contribution < -0.4 is 0 Å². The van der Waals surface area contributed by atoms with Gasteiger partial charge in [0, 0.05) is 18.6 Å². The molecule has 1 heterocycles. The van der Waals surface area contributed by atoms with Gasteiger partial charge in [-0.25, -0.2) is 4.98 Å². The molecule has 16 heavy (non-hydrogen) atoms. The van der Waals surface area contributed by atoms with Crippen molar-refractivity contribution in [1.82, 2.24) is 4.98 Å². The summed E-state index contributed by atoms with van der Waals surface area (Å²) in [6, 6.07) is 4.80. The molecule has 2 rings (SSSR count). The molecular weight excluding hydrogens is 276 g/mol. The third kappa shape index (κ3) is 1.96. The summed E-state index contributed by atoms with van der Waals surface area (Å²) < 4.78 is 5.74. The molecule has 0 atom stereocenters. The highest BCUT2D eigenvalue weighted by Gasteiger charge is 2.14. The van der Waals surface area contributed by atoms with E-state index < -0.39 is 4.92 Å². The molecule has 0 fully saturated rings. The van der Waals surface area contributed by atoms with Crippen molar-refractivity contribution in [2.45, 2.75) is 6.92 Å². The summed E-state index contributed by atoms with van der Waals surface area (Å²) in [6.45, 7) is 1.72.